The van der Waals surface area contributed by atoms with Crippen molar-refractivity contribution in [2.24, 2.45) is 0 Å². The first-order valence-electron chi connectivity index (χ1n) is 33.5. The maximum absolute atomic E-state index is 12.9. The van der Waals surface area contributed by atoms with E-state index in [1.165, 1.54) is 205 Å². The number of ether oxygens (including phenoxy) is 4. The van der Waals surface area contributed by atoms with Gasteiger partial charge in [-0.1, -0.05) is 280 Å². The summed E-state index contributed by atoms with van der Waals surface area (Å²) < 4.78 is 23.0. The van der Waals surface area contributed by atoms with Gasteiger partial charge in [0, 0.05) is 12.8 Å². The number of allylic oxidation sites excluding steroid dienone is 10. The summed E-state index contributed by atoms with van der Waals surface area (Å²) in [5.74, 6) is -2.00. The molecule has 0 amide bonds. The number of quaternary nitrogens is 1. The summed E-state index contributed by atoms with van der Waals surface area (Å²) in [5, 5.41) is 9.73. The van der Waals surface area contributed by atoms with Gasteiger partial charge < -0.3 is 28.5 Å². The lowest BCUT2D eigenvalue weighted by atomic mass is 10.0. The minimum atomic E-state index is -1.51. The van der Waals surface area contributed by atoms with Crippen molar-refractivity contribution in [3.8, 4) is 0 Å². The van der Waals surface area contributed by atoms with Crippen LogP contribution in [0.1, 0.15) is 309 Å². The van der Waals surface area contributed by atoms with E-state index in [1.54, 1.807) is 0 Å². The summed E-state index contributed by atoms with van der Waals surface area (Å²) in [6.07, 6.45) is 76.1. The first kappa shape index (κ1) is 76.0. The molecule has 79 heavy (non-hydrogen) atoms. The largest absolute Gasteiger partial charge is 0.477 e. The minimum Gasteiger partial charge on any atom is -0.477 e. The van der Waals surface area contributed by atoms with Crippen molar-refractivity contribution in [3.05, 3.63) is 60.8 Å². The van der Waals surface area contributed by atoms with Gasteiger partial charge in [-0.25, -0.2) is 4.79 Å². The van der Waals surface area contributed by atoms with E-state index in [0.717, 1.165) is 70.6 Å². The number of likely N-dealkylation sites (N-methyl/N-ethyl adjacent to an activating group) is 1. The summed E-state index contributed by atoms with van der Waals surface area (Å²) >= 11 is 0. The fraction of sp³-hybridized carbons (Fsp3) is 0.814. The molecule has 0 radical (unpaired) electrons. The number of unbranched alkanes of at least 4 members (excludes halogenated alkanes) is 37. The summed E-state index contributed by atoms with van der Waals surface area (Å²) in [5.41, 5.74) is 0. The van der Waals surface area contributed by atoms with Gasteiger partial charge in [0.2, 0.25) is 0 Å². The summed E-state index contributed by atoms with van der Waals surface area (Å²) in [7, 11) is 5.98. The number of nitrogens with zero attached hydrogens (tertiary/aromatic N) is 1. The van der Waals surface area contributed by atoms with Crippen molar-refractivity contribution >= 4 is 17.9 Å². The number of carbonyl (C=O) groups excluding carboxylic acids is 2. The molecule has 0 saturated carbocycles. The van der Waals surface area contributed by atoms with Gasteiger partial charge in [0.05, 0.1) is 34.4 Å². The molecule has 0 aliphatic carbocycles. The molecular formula is C70H128NO8+. The molecular weight excluding hydrogens is 983 g/mol. The second-order valence-corrected chi connectivity index (χ2v) is 23.7. The highest BCUT2D eigenvalue weighted by Gasteiger charge is 2.25. The topological polar surface area (TPSA) is 108 Å². The molecule has 2 atom stereocenters. The third-order valence-electron chi connectivity index (χ3n) is 14.8. The summed E-state index contributed by atoms with van der Waals surface area (Å²) in [6, 6.07) is 0. The van der Waals surface area contributed by atoms with Crippen molar-refractivity contribution < 1.29 is 42.9 Å². The van der Waals surface area contributed by atoms with E-state index in [2.05, 4.69) is 74.6 Å². The molecule has 0 aliphatic heterocycles. The molecule has 2 unspecified atom stereocenters. The van der Waals surface area contributed by atoms with Crippen LogP contribution in [0.4, 0.5) is 0 Å². The van der Waals surface area contributed by atoms with Gasteiger partial charge in [-0.2, -0.15) is 0 Å². The molecule has 0 aromatic carbocycles. The quantitative estimate of drug-likeness (QED) is 0.0211. The molecule has 460 valence electrons. The normalized spacial score (nSPS) is 13.1. The van der Waals surface area contributed by atoms with Crippen LogP contribution in [0.25, 0.3) is 0 Å². The number of esters is 2. The second kappa shape index (κ2) is 61.1. The molecule has 0 spiro atoms. The lowest BCUT2D eigenvalue weighted by Gasteiger charge is -2.25. The van der Waals surface area contributed by atoms with Crippen LogP contribution in [-0.4, -0.2) is 87.4 Å². The predicted octanol–water partition coefficient (Wildman–Crippen LogP) is 20.4. The maximum Gasteiger partial charge on any atom is 0.361 e. The number of carboxylic acids is 1. The maximum atomic E-state index is 12.9. The Morgan fingerprint density at radius 2 is 0.722 bits per heavy atom. The number of carboxylic acid groups (broad SMARTS) is 1. The monoisotopic (exact) mass is 1110 g/mol. The van der Waals surface area contributed by atoms with Crippen LogP contribution in [0, 0.1) is 0 Å². The highest BCUT2D eigenvalue weighted by molar-refractivity contribution is 5.71. The molecule has 0 aliphatic rings. The van der Waals surface area contributed by atoms with E-state index < -0.39 is 24.3 Å². The van der Waals surface area contributed by atoms with E-state index in [1.807, 2.05) is 21.1 Å². The van der Waals surface area contributed by atoms with E-state index in [0.29, 0.717) is 23.9 Å². The average Bonchev–Trinajstić information content (AvgIpc) is 3.42. The van der Waals surface area contributed by atoms with Crippen molar-refractivity contribution in [1.82, 2.24) is 0 Å². The van der Waals surface area contributed by atoms with Gasteiger partial charge >= 0.3 is 17.9 Å². The third kappa shape index (κ3) is 62.4. The first-order valence-corrected chi connectivity index (χ1v) is 33.5. The molecule has 0 rings (SSSR count). The van der Waals surface area contributed by atoms with Gasteiger partial charge in [0.1, 0.15) is 13.2 Å². The molecule has 0 aromatic heterocycles. The van der Waals surface area contributed by atoms with Crippen LogP contribution < -0.4 is 0 Å². The van der Waals surface area contributed by atoms with E-state index in [-0.39, 0.29) is 32.2 Å². The highest BCUT2D eigenvalue weighted by Crippen LogP contribution is 2.18. The Kier molecular flexibility index (Phi) is 58.7. The fourth-order valence-corrected chi connectivity index (χ4v) is 9.65. The third-order valence-corrected chi connectivity index (χ3v) is 14.8. The van der Waals surface area contributed by atoms with Crippen LogP contribution in [0.2, 0.25) is 0 Å². The van der Waals surface area contributed by atoms with Crippen LogP contribution in [0.15, 0.2) is 60.8 Å². The molecule has 0 aromatic rings. The SMILES string of the molecule is CC/C=C\C/C=C\C/C=C\C/C=C\CCCCCCCCCCCCC(=O)OC(COC(=O)CCCCCCCCCCCCCCCCCCCCC/C=C\CCCCCCCCCC)COC(OCC[N+](C)(C)C)C(=O)O. The lowest BCUT2D eigenvalue weighted by Crippen LogP contribution is -2.40. The zero-order valence-corrected chi connectivity index (χ0v) is 52.5. The molecule has 0 saturated heterocycles. The first-order chi connectivity index (χ1) is 38.6. The Hall–Kier alpha value is -3.01. The number of aliphatic carboxylic acids is 1. The van der Waals surface area contributed by atoms with Gasteiger partial charge in [0.25, 0.3) is 6.29 Å². The molecule has 9 heteroatoms. The molecule has 0 bridgehead atoms. The zero-order chi connectivity index (χ0) is 57.6. The molecule has 9 nitrogen and oxygen atoms in total. The Morgan fingerprint density at radius 3 is 1.09 bits per heavy atom. The average molecular weight is 1110 g/mol. The van der Waals surface area contributed by atoms with Crippen LogP contribution in [-0.2, 0) is 33.3 Å². The van der Waals surface area contributed by atoms with E-state index in [4.69, 9.17) is 18.9 Å². The van der Waals surface area contributed by atoms with E-state index >= 15 is 0 Å². The van der Waals surface area contributed by atoms with E-state index in [9.17, 15) is 19.5 Å². The zero-order valence-electron chi connectivity index (χ0n) is 52.5. The van der Waals surface area contributed by atoms with Crippen molar-refractivity contribution in [2.75, 3.05) is 47.5 Å². The Morgan fingerprint density at radius 1 is 0.392 bits per heavy atom. The number of hydrogen-bond acceptors (Lipinski definition) is 7. The fourth-order valence-electron chi connectivity index (χ4n) is 9.65. The molecule has 0 heterocycles. The van der Waals surface area contributed by atoms with Gasteiger partial charge in [0.15, 0.2) is 6.10 Å². The van der Waals surface area contributed by atoms with Crippen LogP contribution >= 0.6 is 0 Å². The number of carbonyl (C=O) groups is 3. The van der Waals surface area contributed by atoms with Crippen molar-refractivity contribution in [1.29, 1.82) is 0 Å². The number of rotatable bonds is 62. The predicted molar refractivity (Wildman–Crippen MR) is 336 cm³/mol. The lowest BCUT2D eigenvalue weighted by molar-refractivity contribution is -0.870. The van der Waals surface area contributed by atoms with Crippen LogP contribution in [0.3, 0.4) is 0 Å². The van der Waals surface area contributed by atoms with Gasteiger partial charge in [-0.05, 0) is 77.0 Å². The minimum absolute atomic E-state index is 0.182. The van der Waals surface area contributed by atoms with Crippen molar-refractivity contribution in [3.63, 3.8) is 0 Å². The second-order valence-electron chi connectivity index (χ2n) is 23.7. The molecule has 0 fully saturated rings. The van der Waals surface area contributed by atoms with Gasteiger partial charge in [-0.15, -0.1) is 0 Å². The Bertz CT molecular complexity index is 1480. The number of hydrogen-bond donors (Lipinski definition) is 1. The summed E-state index contributed by atoms with van der Waals surface area (Å²) in [6.45, 7) is 4.80. The highest BCUT2D eigenvalue weighted by atomic mass is 16.7. The van der Waals surface area contributed by atoms with Gasteiger partial charge in [-0.3, -0.25) is 9.59 Å². The van der Waals surface area contributed by atoms with Crippen molar-refractivity contribution in [2.45, 2.75) is 322 Å². The smallest absolute Gasteiger partial charge is 0.361 e. The molecule has 1 N–H and O–H groups in total. The van der Waals surface area contributed by atoms with Crippen LogP contribution in [0.5, 0.6) is 0 Å². The summed E-state index contributed by atoms with van der Waals surface area (Å²) in [4.78, 5) is 37.6. The standard InChI is InChI=1S/C70H127NO8/c1-6-8-10-12-14-16-18-20-22-24-26-28-30-31-32-33-34-35-36-37-39-40-42-44-46-48-50-52-54-56-58-60-67(72)77-64-66(65-78-70(69(74)75)76-63-62-71(3,4)5)79-68(73)61-59-57-55-53-51-49-47-45-43-41-38-29-27-25-23-21-19-17-15-13-11-9-7-2/h9,11,15,17,21,23-24,26-27,29,66,70H,6-8,10,12-14,16,18-20,22,25,28,30-65H2,1-5H3/p+1/b11-9-,17-15-,23-21-,26-24-,29-27-. The Labute approximate surface area is 488 Å². The Balaban J connectivity index is 4.10.